The molecule has 1 aromatic rings. The van der Waals surface area contributed by atoms with E-state index in [1.165, 1.54) is 0 Å². The smallest absolute Gasteiger partial charge is 0.0710 e. The van der Waals surface area contributed by atoms with Gasteiger partial charge in [0.15, 0.2) is 0 Å². The minimum atomic E-state index is 0.108. The molecular weight excluding hydrogens is 304 g/mol. The van der Waals surface area contributed by atoms with Gasteiger partial charge in [0.05, 0.1) is 35.6 Å². The first-order valence-electron chi connectivity index (χ1n) is 5.39. The third-order valence-corrected chi connectivity index (χ3v) is 3.74. The van der Waals surface area contributed by atoms with E-state index in [2.05, 4.69) is 32.7 Å². The Kier molecular flexibility index (Phi) is 7.14. The SMILES string of the molecule is COCCn1ncc(Br)c1C(CCSC)NN. The van der Waals surface area contributed by atoms with E-state index in [9.17, 15) is 0 Å². The molecule has 0 spiro atoms. The summed E-state index contributed by atoms with van der Waals surface area (Å²) in [5.41, 5.74) is 3.93. The maximum atomic E-state index is 5.62. The highest BCUT2D eigenvalue weighted by Gasteiger charge is 2.18. The molecule has 3 N–H and O–H groups in total. The Hall–Kier alpha value is -0.0800. The summed E-state index contributed by atoms with van der Waals surface area (Å²) in [6.45, 7) is 1.37. The third kappa shape index (κ3) is 4.26. The summed E-state index contributed by atoms with van der Waals surface area (Å²) in [6.07, 6.45) is 4.86. The van der Waals surface area contributed by atoms with Crippen molar-refractivity contribution in [3.63, 3.8) is 0 Å². The summed E-state index contributed by atoms with van der Waals surface area (Å²) in [6, 6.07) is 0.108. The molecule has 0 aliphatic carbocycles. The lowest BCUT2D eigenvalue weighted by Crippen LogP contribution is -2.31. The zero-order chi connectivity index (χ0) is 12.7. The van der Waals surface area contributed by atoms with Crippen molar-refractivity contribution in [2.24, 2.45) is 5.84 Å². The molecule has 1 rings (SSSR count). The number of aromatic nitrogens is 2. The number of rotatable bonds is 8. The molecule has 0 aliphatic rings. The average molecular weight is 323 g/mol. The van der Waals surface area contributed by atoms with Crippen LogP contribution in [-0.2, 0) is 11.3 Å². The topological polar surface area (TPSA) is 65.1 Å². The number of nitrogens with two attached hydrogens (primary N) is 1. The van der Waals surface area contributed by atoms with Gasteiger partial charge in [-0.3, -0.25) is 16.0 Å². The maximum absolute atomic E-state index is 5.62. The van der Waals surface area contributed by atoms with Crippen LogP contribution in [0.1, 0.15) is 18.2 Å². The van der Waals surface area contributed by atoms with Crippen LogP contribution >= 0.6 is 27.7 Å². The van der Waals surface area contributed by atoms with Gasteiger partial charge in [-0.1, -0.05) is 0 Å². The van der Waals surface area contributed by atoms with Crippen LogP contribution in [-0.4, -0.2) is 35.5 Å². The van der Waals surface area contributed by atoms with Gasteiger partial charge in [0, 0.05) is 7.11 Å². The third-order valence-electron chi connectivity index (χ3n) is 2.48. The van der Waals surface area contributed by atoms with Gasteiger partial charge in [0.25, 0.3) is 0 Å². The zero-order valence-electron chi connectivity index (χ0n) is 10.1. The summed E-state index contributed by atoms with van der Waals surface area (Å²) in [5, 5.41) is 4.32. The van der Waals surface area contributed by atoms with Crippen molar-refractivity contribution < 1.29 is 4.74 Å². The first kappa shape index (κ1) is 15.0. The van der Waals surface area contributed by atoms with Crippen molar-refractivity contribution >= 4 is 27.7 Å². The van der Waals surface area contributed by atoms with E-state index in [-0.39, 0.29) is 6.04 Å². The Bertz CT molecular complexity index is 334. The van der Waals surface area contributed by atoms with E-state index >= 15 is 0 Å². The maximum Gasteiger partial charge on any atom is 0.0710 e. The van der Waals surface area contributed by atoms with Crippen LogP contribution in [0.3, 0.4) is 0 Å². The van der Waals surface area contributed by atoms with Crippen molar-refractivity contribution in [1.82, 2.24) is 15.2 Å². The van der Waals surface area contributed by atoms with E-state index in [0.717, 1.165) is 28.9 Å². The summed E-state index contributed by atoms with van der Waals surface area (Å²) >= 11 is 5.32. The largest absolute Gasteiger partial charge is 0.383 e. The highest BCUT2D eigenvalue weighted by molar-refractivity contribution is 9.10. The number of nitrogens with zero attached hydrogens (tertiary/aromatic N) is 2. The highest BCUT2D eigenvalue weighted by Crippen LogP contribution is 2.25. The number of hydrogen-bond donors (Lipinski definition) is 2. The molecular formula is C10H19BrN4OS. The van der Waals surface area contributed by atoms with E-state index in [4.69, 9.17) is 10.6 Å². The molecule has 1 aromatic heterocycles. The number of halogens is 1. The van der Waals surface area contributed by atoms with Crippen LogP contribution in [0.2, 0.25) is 0 Å². The van der Waals surface area contributed by atoms with Crippen LogP contribution < -0.4 is 11.3 Å². The summed E-state index contributed by atoms with van der Waals surface area (Å²) in [5.74, 6) is 6.67. The number of nitrogens with one attached hydrogen (secondary N) is 1. The number of thioether (sulfide) groups is 1. The molecule has 1 atom stereocenters. The zero-order valence-corrected chi connectivity index (χ0v) is 12.6. The fourth-order valence-corrected chi connectivity index (χ4v) is 2.65. The van der Waals surface area contributed by atoms with Crippen LogP contribution in [0.15, 0.2) is 10.7 Å². The molecule has 7 heteroatoms. The Balaban J connectivity index is 2.80. The van der Waals surface area contributed by atoms with Gasteiger partial charge in [0.1, 0.15) is 0 Å². The van der Waals surface area contributed by atoms with Gasteiger partial charge in [0.2, 0.25) is 0 Å². The van der Waals surface area contributed by atoms with E-state index in [0.29, 0.717) is 6.61 Å². The van der Waals surface area contributed by atoms with Crippen molar-refractivity contribution in [3.05, 3.63) is 16.4 Å². The predicted molar refractivity (Wildman–Crippen MR) is 74.9 cm³/mol. The van der Waals surface area contributed by atoms with E-state index in [1.54, 1.807) is 25.1 Å². The molecule has 1 heterocycles. The summed E-state index contributed by atoms with van der Waals surface area (Å²) in [4.78, 5) is 0. The predicted octanol–water partition coefficient (Wildman–Crippen LogP) is 1.55. The fourth-order valence-electron chi connectivity index (χ4n) is 1.61. The van der Waals surface area contributed by atoms with Gasteiger partial charge in [-0.25, -0.2) is 0 Å². The normalized spacial score (nSPS) is 12.9. The Morgan fingerprint density at radius 3 is 3.06 bits per heavy atom. The second kappa shape index (κ2) is 8.10. The Morgan fingerprint density at radius 1 is 1.71 bits per heavy atom. The van der Waals surface area contributed by atoms with Gasteiger partial charge >= 0.3 is 0 Å². The highest BCUT2D eigenvalue weighted by atomic mass is 79.9. The molecule has 1 unspecified atom stereocenters. The lowest BCUT2D eigenvalue weighted by molar-refractivity contribution is 0.181. The van der Waals surface area contributed by atoms with Crippen LogP contribution in [0, 0.1) is 0 Å². The van der Waals surface area contributed by atoms with Gasteiger partial charge in [-0.2, -0.15) is 16.9 Å². The second-order valence-corrected chi connectivity index (χ2v) is 5.43. The standard InChI is InChI=1S/C10H19BrN4OS/c1-16-5-4-15-10(8(11)7-13-15)9(14-12)3-6-17-2/h7,9,14H,3-6,12H2,1-2H3. The van der Waals surface area contributed by atoms with E-state index < -0.39 is 0 Å². The minimum absolute atomic E-state index is 0.108. The number of methoxy groups -OCH3 is 1. The number of ether oxygens (including phenoxy) is 1. The quantitative estimate of drug-likeness (QED) is 0.561. The van der Waals surface area contributed by atoms with Crippen molar-refractivity contribution in [2.45, 2.75) is 19.0 Å². The fraction of sp³-hybridized carbons (Fsp3) is 0.700. The van der Waals surface area contributed by atoms with Crippen molar-refractivity contribution in [2.75, 3.05) is 25.7 Å². The summed E-state index contributed by atoms with van der Waals surface area (Å²) < 4.78 is 7.99. The Morgan fingerprint density at radius 2 is 2.47 bits per heavy atom. The molecule has 0 saturated carbocycles. The first-order chi connectivity index (χ1) is 8.24. The number of hydrogen-bond acceptors (Lipinski definition) is 5. The van der Waals surface area contributed by atoms with Crippen molar-refractivity contribution in [3.8, 4) is 0 Å². The average Bonchev–Trinajstić information content (AvgIpc) is 2.70. The lowest BCUT2D eigenvalue weighted by Gasteiger charge is -2.18. The van der Waals surface area contributed by atoms with E-state index in [1.807, 2.05) is 4.68 Å². The molecule has 98 valence electrons. The second-order valence-electron chi connectivity index (χ2n) is 3.59. The molecule has 17 heavy (non-hydrogen) atoms. The van der Waals surface area contributed by atoms with Crippen molar-refractivity contribution in [1.29, 1.82) is 0 Å². The Labute approximate surface area is 115 Å². The molecule has 0 radical (unpaired) electrons. The minimum Gasteiger partial charge on any atom is -0.383 e. The van der Waals surface area contributed by atoms with Crippen LogP contribution in [0.5, 0.6) is 0 Å². The van der Waals surface area contributed by atoms with Gasteiger partial charge in [-0.05, 0) is 34.4 Å². The first-order valence-corrected chi connectivity index (χ1v) is 7.58. The van der Waals surface area contributed by atoms with Crippen LogP contribution in [0.4, 0.5) is 0 Å². The van der Waals surface area contributed by atoms with Gasteiger partial charge in [-0.15, -0.1) is 0 Å². The summed E-state index contributed by atoms with van der Waals surface area (Å²) in [7, 11) is 1.69. The molecule has 5 nitrogen and oxygen atoms in total. The molecule has 0 aliphatic heterocycles. The molecule has 0 aromatic carbocycles. The lowest BCUT2D eigenvalue weighted by atomic mass is 10.1. The van der Waals surface area contributed by atoms with Crippen LogP contribution in [0.25, 0.3) is 0 Å². The molecule has 0 bridgehead atoms. The number of hydrazine groups is 1. The van der Waals surface area contributed by atoms with Gasteiger partial charge < -0.3 is 4.74 Å². The molecule has 0 amide bonds. The molecule has 0 fully saturated rings. The monoisotopic (exact) mass is 322 g/mol. The molecule has 0 saturated heterocycles.